The summed E-state index contributed by atoms with van der Waals surface area (Å²) in [6.45, 7) is 1.96. The SMILES string of the molecule is COc1cc(Nc2nc(-c3ccccc3)c3sccc3n2)ccc1-n1cnc(C)c1. The van der Waals surface area contributed by atoms with Gasteiger partial charge in [0.1, 0.15) is 5.75 Å². The quantitative estimate of drug-likeness (QED) is 0.406. The standard InChI is InChI=1S/C23H19N5OS/c1-15-13-28(14-24-15)19-9-8-17(12-20(19)29-2)25-23-26-18-10-11-30-22(18)21(27-23)16-6-4-3-5-7-16/h3-14H,1-2H3,(H,25,26,27). The van der Waals surface area contributed by atoms with E-state index in [4.69, 9.17) is 9.72 Å². The van der Waals surface area contributed by atoms with Gasteiger partial charge in [-0.05, 0) is 30.5 Å². The molecule has 0 radical (unpaired) electrons. The second kappa shape index (κ2) is 7.61. The molecule has 30 heavy (non-hydrogen) atoms. The highest BCUT2D eigenvalue weighted by molar-refractivity contribution is 7.17. The highest BCUT2D eigenvalue weighted by Gasteiger charge is 2.13. The van der Waals surface area contributed by atoms with Crippen molar-refractivity contribution in [1.82, 2.24) is 19.5 Å². The molecule has 0 fully saturated rings. The molecule has 148 valence electrons. The zero-order valence-corrected chi connectivity index (χ0v) is 17.4. The van der Waals surface area contributed by atoms with Gasteiger partial charge in [-0.1, -0.05) is 30.3 Å². The summed E-state index contributed by atoms with van der Waals surface area (Å²) in [5.74, 6) is 1.28. The maximum absolute atomic E-state index is 5.61. The summed E-state index contributed by atoms with van der Waals surface area (Å²) >= 11 is 1.65. The van der Waals surface area contributed by atoms with Crippen LogP contribution in [0.5, 0.6) is 5.75 Å². The molecule has 5 rings (SSSR count). The van der Waals surface area contributed by atoms with E-state index in [1.807, 2.05) is 65.5 Å². The average Bonchev–Trinajstić information content (AvgIpc) is 3.42. The Bertz CT molecular complexity index is 1330. The number of benzene rings is 2. The van der Waals surface area contributed by atoms with Crippen LogP contribution in [0.25, 0.3) is 27.2 Å². The van der Waals surface area contributed by atoms with E-state index in [1.54, 1.807) is 24.8 Å². The van der Waals surface area contributed by atoms with E-state index in [-0.39, 0.29) is 0 Å². The summed E-state index contributed by atoms with van der Waals surface area (Å²) in [5.41, 5.74) is 5.64. The topological polar surface area (TPSA) is 64.9 Å². The van der Waals surface area contributed by atoms with Crippen molar-refractivity contribution in [3.63, 3.8) is 0 Å². The van der Waals surface area contributed by atoms with Crippen LogP contribution in [0.2, 0.25) is 0 Å². The van der Waals surface area contributed by atoms with Crippen molar-refractivity contribution in [1.29, 1.82) is 0 Å². The largest absolute Gasteiger partial charge is 0.494 e. The van der Waals surface area contributed by atoms with Crippen LogP contribution in [0, 0.1) is 6.92 Å². The molecule has 0 atom stereocenters. The van der Waals surface area contributed by atoms with E-state index in [0.717, 1.165) is 44.3 Å². The van der Waals surface area contributed by atoms with Crippen LogP contribution in [0.4, 0.5) is 11.6 Å². The molecule has 7 heteroatoms. The smallest absolute Gasteiger partial charge is 0.228 e. The minimum absolute atomic E-state index is 0.549. The molecule has 5 aromatic rings. The Balaban J connectivity index is 1.53. The maximum atomic E-state index is 5.61. The molecule has 0 spiro atoms. The molecule has 0 bridgehead atoms. The second-order valence-electron chi connectivity index (χ2n) is 6.83. The minimum atomic E-state index is 0.549. The number of hydrogen-bond acceptors (Lipinski definition) is 6. The lowest BCUT2D eigenvalue weighted by Gasteiger charge is -2.13. The van der Waals surface area contributed by atoms with Gasteiger partial charge in [0.05, 0.1) is 40.7 Å². The number of anilines is 2. The monoisotopic (exact) mass is 413 g/mol. The van der Waals surface area contributed by atoms with Gasteiger partial charge in [-0.25, -0.2) is 15.0 Å². The lowest BCUT2D eigenvalue weighted by molar-refractivity contribution is 0.413. The Morgan fingerprint density at radius 2 is 1.90 bits per heavy atom. The van der Waals surface area contributed by atoms with Gasteiger partial charge >= 0.3 is 0 Å². The first kappa shape index (κ1) is 18.3. The van der Waals surface area contributed by atoms with E-state index in [9.17, 15) is 0 Å². The predicted octanol–water partition coefficient (Wildman–Crippen LogP) is 5.60. The highest BCUT2D eigenvalue weighted by atomic mass is 32.1. The minimum Gasteiger partial charge on any atom is -0.494 e. The summed E-state index contributed by atoms with van der Waals surface area (Å²) in [5, 5.41) is 5.37. The van der Waals surface area contributed by atoms with Gasteiger partial charge in [-0.2, -0.15) is 0 Å². The van der Waals surface area contributed by atoms with Crippen LogP contribution < -0.4 is 10.1 Å². The number of nitrogens with zero attached hydrogens (tertiary/aromatic N) is 4. The molecule has 0 unspecified atom stereocenters. The molecular weight excluding hydrogens is 394 g/mol. The van der Waals surface area contributed by atoms with E-state index in [0.29, 0.717) is 5.95 Å². The first-order valence-electron chi connectivity index (χ1n) is 9.48. The third-order valence-corrected chi connectivity index (χ3v) is 5.69. The van der Waals surface area contributed by atoms with Crippen molar-refractivity contribution in [2.24, 2.45) is 0 Å². The summed E-state index contributed by atoms with van der Waals surface area (Å²) in [4.78, 5) is 13.8. The van der Waals surface area contributed by atoms with Gasteiger partial charge in [0, 0.05) is 23.5 Å². The third-order valence-electron chi connectivity index (χ3n) is 4.78. The Labute approximate surface area is 177 Å². The van der Waals surface area contributed by atoms with Crippen molar-refractivity contribution >= 4 is 33.2 Å². The van der Waals surface area contributed by atoms with E-state index in [1.165, 1.54) is 0 Å². The first-order chi connectivity index (χ1) is 14.7. The predicted molar refractivity (Wildman–Crippen MR) is 121 cm³/mol. The Kier molecular flexibility index (Phi) is 4.65. The van der Waals surface area contributed by atoms with Crippen LogP contribution in [-0.2, 0) is 0 Å². The van der Waals surface area contributed by atoms with Crippen molar-refractivity contribution in [2.75, 3.05) is 12.4 Å². The van der Waals surface area contributed by atoms with Crippen LogP contribution in [0.1, 0.15) is 5.69 Å². The third kappa shape index (κ3) is 3.40. The number of hydrogen-bond donors (Lipinski definition) is 1. The number of ether oxygens (including phenoxy) is 1. The molecule has 3 heterocycles. The summed E-state index contributed by atoms with van der Waals surface area (Å²) in [6.07, 6.45) is 3.74. The highest BCUT2D eigenvalue weighted by Crippen LogP contribution is 2.33. The Morgan fingerprint density at radius 1 is 1.03 bits per heavy atom. The van der Waals surface area contributed by atoms with Gasteiger partial charge < -0.3 is 14.6 Å². The molecule has 1 N–H and O–H groups in total. The van der Waals surface area contributed by atoms with Crippen LogP contribution in [-0.4, -0.2) is 26.6 Å². The molecule has 0 amide bonds. The lowest BCUT2D eigenvalue weighted by atomic mass is 10.1. The first-order valence-corrected chi connectivity index (χ1v) is 10.4. The Morgan fingerprint density at radius 3 is 2.67 bits per heavy atom. The molecule has 0 aliphatic carbocycles. The second-order valence-corrected chi connectivity index (χ2v) is 7.75. The number of thiophene rings is 1. The number of methoxy groups -OCH3 is 1. The van der Waals surface area contributed by atoms with E-state index in [2.05, 4.69) is 27.4 Å². The van der Waals surface area contributed by atoms with Gasteiger partial charge in [-0.3, -0.25) is 0 Å². The van der Waals surface area contributed by atoms with Gasteiger partial charge in [0.25, 0.3) is 0 Å². The normalized spacial score (nSPS) is 11.0. The molecule has 6 nitrogen and oxygen atoms in total. The van der Waals surface area contributed by atoms with Gasteiger partial charge in [0.15, 0.2) is 0 Å². The van der Waals surface area contributed by atoms with Crippen molar-refractivity contribution in [3.05, 3.63) is 78.2 Å². The average molecular weight is 414 g/mol. The van der Waals surface area contributed by atoms with Crippen LogP contribution in [0.3, 0.4) is 0 Å². The number of imidazole rings is 1. The fraction of sp³-hybridized carbons (Fsp3) is 0.0870. The summed E-state index contributed by atoms with van der Waals surface area (Å²) in [7, 11) is 1.66. The zero-order valence-electron chi connectivity index (χ0n) is 16.5. The lowest BCUT2D eigenvalue weighted by Crippen LogP contribution is -2.01. The fourth-order valence-electron chi connectivity index (χ4n) is 3.36. The van der Waals surface area contributed by atoms with Crippen LogP contribution in [0.15, 0.2) is 72.5 Å². The number of aromatic nitrogens is 4. The van der Waals surface area contributed by atoms with Crippen molar-refractivity contribution < 1.29 is 4.74 Å². The number of aryl methyl sites for hydroxylation is 1. The fourth-order valence-corrected chi connectivity index (χ4v) is 4.20. The van der Waals surface area contributed by atoms with Gasteiger partial charge in [0.2, 0.25) is 5.95 Å². The molecular formula is C23H19N5OS. The molecule has 3 aromatic heterocycles. The Hall–Kier alpha value is -3.71. The molecule has 0 saturated heterocycles. The number of nitrogens with one attached hydrogen (secondary N) is 1. The molecule has 2 aromatic carbocycles. The van der Waals surface area contributed by atoms with Crippen molar-refractivity contribution in [2.45, 2.75) is 6.92 Å². The van der Waals surface area contributed by atoms with E-state index < -0.39 is 0 Å². The maximum Gasteiger partial charge on any atom is 0.228 e. The number of rotatable bonds is 5. The number of fused-ring (bicyclic) bond motifs is 1. The van der Waals surface area contributed by atoms with E-state index >= 15 is 0 Å². The summed E-state index contributed by atoms with van der Waals surface area (Å²) in [6, 6.07) is 18.1. The van der Waals surface area contributed by atoms with Crippen molar-refractivity contribution in [3.8, 4) is 22.7 Å². The van der Waals surface area contributed by atoms with Crippen LogP contribution >= 0.6 is 11.3 Å². The molecule has 0 saturated carbocycles. The molecule has 0 aliphatic heterocycles. The summed E-state index contributed by atoms with van der Waals surface area (Å²) < 4.78 is 8.63. The zero-order chi connectivity index (χ0) is 20.5. The molecule has 0 aliphatic rings. The van der Waals surface area contributed by atoms with Gasteiger partial charge in [-0.15, -0.1) is 11.3 Å².